The lowest BCUT2D eigenvalue weighted by molar-refractivity contribution is 0.146. The molecule has 1 unspecified atom stereocenters. The van der Waals surface area contributed by atoms with Gasteiger partial charge in [-0.3, -0.25) is 0 Å². The molecule has 3 N–H and O–H groups in total. The summed E-state index contributed by atoms with van der Waals surface area (Å²) in [6, 6.07) is 0. The van der Waals surface area contributed by atoms with Crippen LogP contribution in [0.1, 0.15) is 20.3 Å². The second-order valence-electron chi connectivity index (χ2n) is 3.12. The number of aliphatic hydroxyl groups excluding tert-OH is 1. The molecule has 0 aliphatic rings. The molecule has 2 nitrogen and oxygen atoms in total. The topological polar surface area (TPSA) is 46.2 Å². The molecule has 0 saturated carbocycles. The van der Waals surface area contributed by atoms with E-state index in [-0.39, 0.29) is 12.0 Å². The molecule has 0 aromatic heterocycles. The van der Waals surface area contributed by atoms with Gasteiger partial charge in [0.15, 0.2) is 0 Å². The van der Waals surface area contributed by atoms with Gasteiger partial charge in [0.2, 0.25) is 0 Å². The van der Waals surface area contributed by atoms with E-state index in [9.17, 15) is 0 Å². The summed E-state index contributed by atoms with van der Waals surface area (Å²) in [5.41, 5.74) is 5.48. The minimum Gasteiger partial charge on any atom is -0.396 e. The van der Waals surface area contributed by atoms with Crippen molar-refractivity contribution < 1.29 is 5.11 Å². The van der Waals surface area contributed by atoms with Crippen molar-refractivity contribution in [1.82, 2.24) is 0 Å². The summed E-state index contributed by atoms with van der Waals surface area (Å²) in [6.07, 6.45) is 1.01. The fourth-order valence-corrected chi connectivity index (χ4v) is 1.63. The number of hydrogen-bond donors (Lipinski definition) is 2. The van der Waals surface area contributed by atoms with E-state index in [2.05, 4.69) is 6.92 Å². The first-order valence-electron chi connectivity index (χ1n) is 4.07. The van der Waals surface area contributed by atoms with Gasteiger partial charge in [-0.05, 0) is 24.5 Å². The molecular weight excluding hydrogens is 158 g/mol. The average molecular weight is 177 g/mol. The number of nitrogens with two attached hydrogens (primary N) is 1. The van der Waals surface area contributed by atoms with E-state index in [1.165, 1.54) is 0 Å². The minimum absolute atomic E-state index is 0.0534. The van der Waals surface area contributed by atoms with E-state index < -0.39 is 0 Å². The van der Waals surface area contributed by atoms with Gasteiger partial charge in [-0.1, -0.05) is 13.8 Å². The zero-order valence-corrected chi connectivity index (χ0v) is 8.28. The molecule has 0 heterocycles. The molecule has 0 aromatic rings. The van der Waals surface area contributed by atoms with Crippen molar-refractivity contribution in [3.63, 3.8) is 0 Å². The molecule has 0 bridgehead atoms. The van der Waals surface area contributed by atoms with Crippen molar-refractivity contribution in [2.75, 3.05) is 24.7 Å². The lowest BCUT2D eigenvalue weighted by atomic mass is 9.89. The first kappa shape index (κ1) is 11.3. The van der Waals surface area contributed by atoms with Gasteiger partial charge >= 0.3 is 0 Å². The normalized spacial score (nSPS) is 16.4. The Kier molecular flexibility index (Phi) is 6.01. The molecule has 3 heteroatoms. The van der Waals surface area contributed by atoms with Crippen LogP contribution in [0.2, 0.25) is 0 Å². The van der Waals surface area contributed by atoms with Crippen molar-refractivity contribution in [3.8, 4) is 0 Å². The quantitative estimate of drug-likeness (QED) is 0.597. The summed E-state index contributed by atoms with van der Waals surface area (Å²) in [4.78, 5) is 0. The maximum atomic E-state index is 9.00. The molecule has 0 saturated heterocycles. The zero-order valence-electron chi connectivity index (χ0n) is 7.47. The second-order valence-corrected chi connectivity index (χ2v) is 4.51. The van der Waals surface area contributed by atoms with Gasteiger partial charge in [-0.15, -0.1) is 0 Å². The highest BCUT2D eigenvalue weighted by Gasteiger charge is 2.20. The van der Waals surface area contributed by atoms with Gasteiger partial charge in [-0.2, -0.15) is 11.8 Å². The minimum atomic E-state index is -0.0534. The number of rotatable bonds is 6. The standard InChI is InChI=1S/C8H19NOS/c1-3-11-5-4-8(2,6-9)7-10/h10H,3-7,9H2,1-2H3. The van der Waals surface area contributed by atoms with Crippen LogP contribution in [0.15, 0.2) is 0 Å². The molecule has 0 aliphatic carbocycles. The van der Waals surface area contributed by atoms with Gasteiger partial charge in [0.25, 0.3) is 0 Å². The molecule has 0 radical (unpaired) electrons. The zero-order chi connectivity index (χ0) is 8.74. The van der Waals surface area contributed by atoms with Crippen LogP contribution < -0.4 is 5.73 Å². The van der Waals surface area contributed by atoms with Crippen molar-refractivity contribution in [2.45, 2.75) is 20.3 Å². The van der Waals surface area contributed by atoms with Gasteiger partial charge in [0.05, 0.1) is 0 Å². The fourth-order valence-electron chi connectivity index (χ4n) is 0.709. The van der Waals surface area contributed by atoms with Crippen LogP contribution in [-0.4, -0.2) is 29.8 Å². The molecule has 0 aliphatic heterocycles. The first-order valence-corrected chi connectivity index (χ1v) is 5.22. The van der Waals surface area contributed by atoms with Gasteiger partial charge < -0.3 is 10.8 Å². The van der Waals surface area contributed by atoms with Crippen LogP contribution in [-0.2, 0) is 0 Å². The summed E-state index contributed by atoms with van der Waals surface area (Å²) >= 11 is 1.90. The van der Waals surface area contributed by atoms with Crippen LogP contribution in [0.5, 0.6) is 0 Å². The summed E-state index contributed by atoms with van der Waals surface area (Å²) in [6.45, 7) is 4.95. The molecule has 0 spiro atoms. The molecule has 0 amide bonds. The summed E-state index contributed by atoms with van der Waals surface area (Å²) < 4.78 is 0. The van der Waals surface area contributed by atoms with Crippen molar-refractivity contribution in [1.29, 1.82) is 0 Å². The van der Waals surface area contributed by atoms with E-state index in [0.717, 1.165) is 17.9 Å². The van der Waals surface area contributed by atoms with E-state index in [4.69, 9.17) is 10.8 Å². The SMILES string of the molecule is CCSCCC(C)(CN)CO. The summed E-state index contributed by atoms with van der Waals surface area (Å²) in [5.74, 6) is 2.25. The predicted molar refractivity (Wildman–Crippen MR) is 51.9 cm³/mol. The molecule has 0 aromatic carbocycles. The summed E-state index contributed by atoms with van der Waals surface area (Å²) in [5, 5.41) is 9.00. The van der Waals surface area contributed by atoms with Crippen molar-refractivity contribution in [2.24, 2.45) is 11.1 Å². The Bertz CT molecular complexity index is 94.1. The van der Waals surface area contributed by atoms with Crippen LogP contribution in [0.4, 0.5) is 0 Å². The van der Waals surface area contributed by atoms with Crippen molar-refractivity contribution >= 4 is 11.8 Å². The van der Waals surface area contributed by atoms with Crippen LogP contribution in [0, 0.1) is 5.41 Å². The van der Waals surface area contributed by atoms with Crippen LogP contribution in [0.25, 0.3) is 0 Å². The van der Waals surface area contributed by atoms with E-state index in [0.29, 0.717) is 6.54 Å². The lowest BCUT2D eigenvalue weighted by Crippen LogP contribution is -2.31. The Labute approximate surface area is 73.6 Å². The average Bonchev–Trinajstić information content (AvgIpc) is 2.05. The predicted octanol–water partition coefficient (Wildman–Crippen LogP) is 1.09. The third kappa shape index (κ3) is 4.67. The van der Waals surface area contributed by atoms with Crippen molar-refractivity contribution in [3.05, 3.63) is 0 Å². The highest BCUT2D eigenvalue weighted by atomic mass is 32.2. The van der Waals surface area contributed by atoms with Gasteiger partial charge in [0, 0.05) is 12.0 Å². The molecule has 1 atom stereocenters. The number of hydrogen-bond acceptors (Lipinski definition) is 3. The second kappa shape index (κ2) is 5.86. The van der Waals surface area contributed by atoms with E-state index in [1.807, 2.05) is 18.7 Å². The number of aliphatic hydroxyl groups is 1. The Morgan fingerprint density at radius 3 is 2.55 bits per heavy atom. The van der Waals surface area contributed by atoms with Crippen LogP contribution >= 0.6 is 11.8 Å². The lowest BCUT2D eigenvalue weighted by Gasteiger charge is -2.24. The fraction of sp³-hybridized carbons (Fsp3) is 1.00. The third-order valence-electron chi connectivity index (χ3n) is 1.93. The Morgan fingerprint density at radius 1 is 1.55 bits per heavy atom. The van der Waals surface area contributed by atoms with Crippen LogP contribution in [0.3, 0.4) is 0 Å². The largest absolute Gasteiger partial charge is 0.396 e. The Hall–Kier alpha value is 0.270. The molecule has 11 heavy (non-hydrogen) atoms. The van der Waals surface area contributed by atoms with E-state index in [1.54, 1.807) is 0 Å². The highest BCUT2D eigenvalue weighted by molar-refractivity contribution is 7.99. The molecule has 68 valence electrons. The van der Waals surface area contributed by atoms with Gasteiger partial charge in [0.1, 0.15) is 0 Å². The van der Waals surface area contributed by atoms with E-state index >= 15 is 0 Å². The number of thioether (sulfide) groups is 1. The monoisotopic (exact) mass is 177 g/mol. The summed E-state index contributed by atoms with van der Waals surface area (Å²) in [7, 11) is 0. The Balaban J connectivity index is 3.51. The molecular formula is C8H19NOS. The smallest absolute Gasteiger partial charge is 0.0497 e. The Morgan fingerprint density at radius 2 is 2.18 bits per heavy atom. The maximum absolute atomic E-state index is 9.00. The molecule has 0 fully saturated rings. The van der Waals surface area contributed by atoms with Gasteiger partial charge in [-0.25, -0.2) is 0 Å². The molecule has 0 rings (SSSR count). The maximum Gasteiger partial charge on any atom is 0.0497 e. The highest BCUT2D eigenvalue weighted by Crippen LogP contribution is 2.21. The third-order valence-corrected chi connectivity index (χ3v) is 2.83. The first-order chi connectivity index (χ1) is 5.18.